The van der Waals surface area contributed by atoms with Gasteiger partial charge in [-0.15, -0.1) is 0 Å². The zero-order valence-corrected chi connectivity index (χ0v) is 23.8. The number of ether oxygens (including phenoxy) is 2. The lowest BCUT2D eigenvalue weighted by Gasteiger charge is -2.37. The summed E-state index contributed by atoms with van der Waals surface area (Å²) in [7, 11) is 3.01. The Morgan fingerprint density at radius 2 is 1.56 bits per heavy atom. The first-order valence-corrected chi connectivity index (χ1v) is 14.1. The van der Waals surface area contributed by atoms with Crippen LogP contribution in [0.15, 0.2) is 91.0 Å². The molecule has 6 nitrogen and oxygen atoms in total. The lowest BCUT2D eigenvalue weighted by molar-refractivity contribution is 0.0664. The zero-order chi connectivity index (χ0) is 30.0. The number of carbonyl (C=O) groups is 3. The minimum Gasteiger partial charge on any atom is -0.493 e. The summed E-state index contributed by atoms with van der Waals surface area (Å²) < 4.78 is 26.0. The highest BCUT2D eigenvalue weighted by atomic mass is 19.1. The van der Waals surface area contributed by atoms with Gasteiger partial charge in [-0.05, 0) is 31.2 Å². The molecule has 3 atom stereocenters. The minimum absolute atomic E-state index is 0.265. The van der Waals surface area contributed by atoms with Crippen molar-refractivity contribution >= 4 is 29.1 Å². The number of benzene rings is 4. The first-order chi connectivity index (χ1) is 20.8. The van der Waals surface area contributed by atoms with Gasteiger partial charge in [-0.1, -0.05) is 78.4 Å². The molecule has 0 radical (unpaired) electrons. The average molecular weight is 574 g/mol. The Morgan fingerprint density at radius 1 is 0.860 bits per heavy atom. The Bertz CT molecular complexity index is 1830. The van der Waals surface area contributed by atoms with Gasteiger partial charge in [-0.25, -0.2) is 4.39 Å². The Kier molecular flexibility index (Phi) is 6.09. The molecule has 1 saturated heterocycles. The lowest BCUT2D eigenvalue weighted by Crippen LogP contribution is -2.48. The van der Waals surface area contributed by atoms with E-state index < -0.39 is 29.2 Å². The number of aryl methyl sites for hydroxylation is 1. The van der Waals surface area contributed by atoms with Crippen LogP contribution in [-0.2, 0) is 0 Å². The summed E-state index contributed by atoms with van der Waals surface area (Å²) in [6.07, 6.45) is 3.51. The number of Topliss-reactive ketones (excluding diaryl/α,β-unsaturated/α-hetero) is 3. The number of halogens is 1. The molecule has 0 bridgehead atoms. The van der Waals surface area contributed by atoms with Crippen LogP contribution in [0.5, 0.6) is 11.5 Å². The van der Waals surface area contributed by atoms with Gasteiger partial charge >= 0.3 is 0 Å². The number of rotatable bonds is 5. The highest BCUT2D eigenvalue weighted by molar-refractivity contribution is 6.32. The van der Waals surface area contributed by atoms with E-state index in [-0.39, 0.29) is 17.3 Å². The van der Waals surface area contributed by atoms with Gasteiger partial charge in [0.1, 0.15) is 17.3 Å². The maximum atomic E-state index is 14.8. The second-order valence-corrected chi connectivity index (χ2v) is 11.2. The minimum atomic E-state index is -1.71. The molecule has 1 fully saturated rings. The fourth-order valence-electron chi connectivity index (χ4n) is 7.34. The van der Waals surface area contributed by atoms with E-state index in [2.05, 4.69) is 0 Å². The second kappa shape index (κ2) is 9.76. The summed E-state index contributed by atoms with van der Waals surface area (Å²) in [6.45, 7) is 1.94. The number of nitrogens with zero attached hydrogens (tertiary/aromatic N) is 1. The topological polar surface area (TPSA) is 72.9 Å². The van der Waals surface area contributed by atoms with E-state index >= 15 is 0 Å². The van der Waals surface area contributed by atoms with Crippen LogP contribution in [0.3, 0.4) is 0 Å². The highest BCUT2D eigenvalue weighted by Gasteiger charge is 2.72. The van der Waals surface area contributed by atoms with E-state index in [4.69, 9.17) is 9.47 Å². The number of para-hydroxylation sites is 1. The SMILES string of the molecule is COc1cccc([C@H]2[C@@H](C(=O)c3ccc(C)cc3)N3c4ccc(F)cc4C=C[C@@H]3C23C(=O)c2ccccc2C3=O)c1OC. The smallest absolute Gasteiger partial charge is 0.185 e. The fourth-order valence-corrected chi connectivity index (χ4v) is 7.34. The number of hydrogen-bond donors (Lipinski definition) is 0. The molecule has 1 spiro atoms. The molecule has 0 N–H and O–H groups in total. The van der Waals surface area contributed by atoms with Crippen molar-refractivity contribution in [1.29, 1.82) is 0 Å². The zero-order valence-electron chi connectivity index (χ0n) is 23.8. The molecule has 214 valence electrons. The molecule has 0 unspecified atom stereocenters. The quantitative estimate of drug-likeness (QED) is 0.201. The van der Waals surface area contributed by atoms with Crippen molar-refractivity contribution in [1.82, 2.24) is 0 Å². The summed E-state index contributed by atoms with van der Waals surface area (Å²) in [4.78, 5) is 46.3. The normalized spacial score (nSPS) is 21.0. The molecule has 0 saturated carbocycles. The maximum absolute atomic E-state index is 14.8. The Labute approximate surface area is 248 Å². The first kappa shape index (κ1) is 26.8. The van der Waals surface area contributed by atoms with Crippen molar-refractivity contribution in [3.63, 3.8) is 0 Å². The van der Waals surface area contributed by atoms with E-state index in [1.165, 1.54) is 26.4 Å². The van der Waals surface area contributed by atoms with Gasteiger partial charge in [0.05, 0.1) is 20.3 Å². The molecule has 4 aromatic carbocycles. The summed E-state index contributed by atoms with van der Waals surface area (Å²) in [5, 5.41) is 0. The fraction of sp³-hybridized carbons (Fsp3) is 0.194. The van der Waals surface area contributed by atoms with Crippen molar-refractivity contribution in [3.8, 4) is 11.5 Å². The first-order valence-electron chi connectivity index (χ1n) is 14.1. The number of anilines is 1. The number of ketones is 3. The van der Waals surface area contributed by atoms with Crippen molar-refractivity contribution in [3.05, 3.63) is 130 Å². The van der Waals surface area contributed by atoms with E-state index in [0.29, 0.717) is 45.0 Å². The van der Waals surface area contributed by atoms with Crippen LogP contribution >= 0.6 is 0 Å². The van der Waals surface area contributed by atoms with Gasteiger partial charge in [0.25, 0.3) is 0 Å². The molecule has 2 aliphatic heterocycles. The summed E-state index contributed by atoms with van der Waals surface area (Å²) >= 11 is 0. The predicted molar refractivity (Wildman–Crippen MR) is 161 cm³/mol. The molecular weight excluding hydrogens is 545 g/mol. The molecule has 1 aliphatic carbocycles. The molecule has 3 aliphatic rings. The second-order valence-electron chi connectivity index (χ2n) is 11.2. The van der Waals surface area contributed by atoms with E-state index in [1.54, 1.807) is 72.8 Å². The van der Waals surface area contributed by atoms with Crippen LogP contribution < -0.4 is 14.4 Å². The van der Waals surface area contributed by atoms with Crippen LogP contribution in [0.4, 0.5) is 10.1 Å². The Balaban J connectivity index is 1.58. The summed E-state index contributed by atoms with van der Waals surface area (Å²) in [6, 6.07) is 21.8. The van der Waals surface area contributed by atoms with Gasteiger partial charge in [0.15, 0.2) is 28.8 Å². The highest BCUT2D eigenvalue weighted by Crippen LogP contribution is 2.62. The van der Waals surface area contributed by atoms with Crippen LogP contribution in [0.25, 0.3) is 6.08 Å². The van der Waals surface area contributed by atoms with E-state index in [9.17, 15) is 18.8 Å². The van der Waals surface area contributed by atoms with Crippen LogP contribution in [0, 0.1) is 18.2 Å². The van der Waals surface area contributed by atoms with Gasteiger partial charge < -0.3 is 14.4 Å². The molecule has 0 aromatic heterocycles. The predicted octanol–water partition coefficient (Wildman–Crippen LogP) is 6.47. The van der Waals surface area contributed by atoms with Crippen molar-refractivity contribution < 1.29 is 28.2 Å². The molecule has 4 aromatic rings. The van der Waals surface area contributed by atoms with Crippen molar-refractivity contribution in [2.24, 2.45) is 5.41 Å². The van der Waals surface area contributed by atoms with Gasteiger partial charge in [0.2, 0.25) is 0 Å². The Morgan fingerprint density at radius 3 is 2.21 bits per heavy atom. The van der Waals surface area contributed by atoms with Crippen molar-refractivity contribution in [2.75, 3.05) is 19.1 Å². The van der Waals surface area contributed by atoms with Crippen molar-refractivity contribution in [2.45, 2.75) is 24.9 Å². The third-order valence-electron chi connectivity index (χ3n) is 9.14. The van der Waals surface area contributed by atoms with Gasteiger partial charge in [-0.3, -0.25) is 14.4 Å². The number of fused-ring (bicyclic) bond motifs is 5. The number of methoxy groups -OCH3 is 2. The summed E-state index contributed by atoms with van der Waals surface area (Å²) in [5.74, 6) is -1.63. The molecule has 2 heterocycles. The molecule has 0 amide bonds. The average Bonchev–Trinajstić information content (AvgIpc) is 3.46. The lowest BCUT2D eigenvalue weighted by atomic mass is 9.64. The molecule has 7 rings (SSSR count). The third-order valence-corrected chi connectivity index (χ3v) is 9.14. The Hall–Kier alpha value is -5.04. The molecular formula is C36H28FNO5. The third kappa shape index (κ3) is 3.60. The van der Waals surface area contributed by atoms with Gasteiger partial charge in [0, 0.05) is 39.4 Å². The number of hydrogen-bond acceptors (Lipinski definition) is 6. The molecule has 7 heteroatoms. The van der Waals surface area contributed by atoms with Crippen LogP contribution in [0.2, 0.25) is 0 Å². The molecule has 43 heavy (non-hydrogen) atoms. The summed E-state index contributed by atoms with van der Waals surface area (Å²) in [5.41, 5.74) is 1.99. The van der Waals surface area contributed by atoms with E-state index in [0.717, 1.165) is 5.56 Å². The largest absolute Gasteiger partial charge is 0.493 e. The number of carbonyl (C=O) groups excluding carboxylic acids is 3. The standard InChI is InChI=1S/C36H28FNO5/c1-20-11-13-21(14-12-20)32(39)31-30(26-9-6-10-28(42-2)33(26)43-3)36(34(40)24-7-4-5-8-25(24)35(36)41)29-18-15-22-19-23(37)16-17-27(22)38(29)31/h4-19,29-31H,1-3H3/t29-,30+,31+/m1/s1. The van der Waals surface area contributed by atoms with Crippen LogP contribution in [-0.4, -0.2) is 43.7 Å². The maximum Gasteiger partial charge on any atom is 0.185 e. The van der Waals surface area contributed by atoms with Gasteiger partial charge in [-0.2, -0.15) is 0 Å². The van der Waals surface area contributed by atoms with E-state index in [1.807, 2.05) is 24.0 Å². The monoisotopic (exact) mass is 573 g/mol. The van der Waals surface area contributed by atoms with Crippen LogP contribution in [0.1, 0.15) is 53.7 Å².